The first-order valence-corrected chi connectivity index (χ1v) is 9.79. The summed E-state index contributed by atoms with van der Waals surface area (Å²) in [6.07, 6.45) is 1.71. The van der Waals surface area contributed by atoms with E-state index >= 15 is 0 Å². The molecule has 28 heavy (non-hydrogen) atoms. The average molecular weight is 467 g/mol. The largest absolute Gasteiger partial charge is 0.470 e. The molecule has 1 amide bonds. The normalized spacial score (nSPS) is 10.9. The molecular formula is C19H21BrClN5O2. The summed E-state index contributed by atoms with van der Waals surface area (Å²) >= 11 is 9.34. The van der Waals surface area contributed by atoms with Gasteiger partial charge in [0, 0.05) is 43.1 Å². The van der Waals surface area contributed by atoms with Crippen LogP contribution in [-0.4, -0.2) is 37.4 Å². The Balaban J connectivity index is 1.64. The van der Waals surface area contributed by atoms with Gasteiger partial charge in [-0.05, 0) is 54.0 Å². The zero-order valence-corrected chi connectivity index (χ0v) is 18.5. The van der Waals surface area contributed by atoms with Gasteiger partial charge in [0.05, 0.1) is 10.2 Å². The maximum atomic E-state index is 12.7. The molecule has 3 rings (SSSR count). The zero-order chi connectivity index (χ0) is 20.4. The highest BCUT2D eigenvalue weighted by molar-refractivity contribution is 9.10. The van der Waals surface area contributed by atoms with Crippen molar-refractivity contribution >= 4 is 33.4 Å². The summed E-state index contributed by atoms with van der Waals surface area (Å²) in [5, 5.41) is 9.34. The van der Waals surface area contributed by atoms with Crippen LogP contribution < -0.4 is 4.74 Å². The van der Waals surface area contributed by atoms with Gasteiger partial charge < -0.3 is 9.64 Å². The minimum absolute atomic E-state index is 0.158. The summed E-state index contributed by atoms with van der Waals surface area (Å²) in [5.41, 5.74) is 3.38. The maximum absolute atomic E-state index is 12.7. The first-order chi connectivity index (χ1) is 13.3. The van der Waals surface area contributed by atoms with Gasteiger partial charge in [-0.1, -0.05) is 11.6 Å². The molecular weight excluding hydrogens is 446 g/mol. The lowest BCUT2D eigenvalue weighted by atomic mass is 10.2. The van der Waals surface area contributed by atoms with Gasteiger partial charge in [0.2, 0.25) is 0 Å². The Morgan fingerprint density at radius 3 is 2.68 bits per heavy atom. The van der Waals surface area contributed by atoms with Gasteiger partial charge >= 0.3 is 0 Å². The summed E-state index contributed by atoms with van der Waals surface area (Å²) in [5.74, 6) is 0.487. The molecule has 3 aromatic rings. The summed E-state index contributed by atoms with van der Waals surface area (Å²) < 4.78 is 9.87. The second-order valence-corrected chi connectivity index (χ2v) is 7.81. The smallest absolute Gasteiger partial charge is 0.274 e. The lowest BCUT2D eigenvalue weighted by Gasteiger charge is -2.16. The van der Waals surface area contributed by atoms with Gasteiger partial charge in [0.15, 0.2) is 12.4 Å². The van der Waals surface area contributed by atoms with Gasteiger partial charge in [0.1, 0.15) is 5.75 Å². The van der Waals surface area contributed by atoms with Crippen LogP contribution >= 0.6 is 27.5 Å². The van der Waals surface area contributed by atoms with Crippen molar-refractivity contribution in [2.45, 2.75) is 27.1 Å². The van der Waals surface area contributed by atoms with E-state index in [4.69, 9.17) is 16.3 Å². The molecule has 0 atom stereocenters. The minimum atomic E-state index is -0.158. The Bertz CT molecular complexity index is 1010. The molecule has 2 heterocycles. The van der Waals surface area contributed by atoms with Crippen molar-refractivity contribution in [3.05, 3.63) is 62.6 Å². The third-order valence-electron chi connectivity index (χ3n) is 4.51. The number of aryl methyl sites for hydroxylation is 2. The molecule has 0 aliphatic heterocycles. The molecule has 0 N–H and O–H groups in total. The number of benzene rings is 1. The van der Waals surface area contributed by atoms with Crippen LogP contribution in [-0.2, 0) is 20.3 Å². The minimum Gasteiger partial charge on any atom is -0.470 e. The van der Waals surface area contributed by atoms with Crippen LogP contribution in [0, 0.1) is 13.8 Å². The molecule has 0 saturated heterocycles. The number of carbonyl (C=O) groups is 1. The van der Waals surface area contributed by atoms with Crippen LogP contribution in [0.1, 0.15) is 27.4 Å². The van der Waals surface area contributed by atoms with Crippen molar-refractivity contribution in [3.8, 4) is 5.75 Å². The fourth-order valence-corrected chi connectivity index (χ4v) is 3.62. The Morgan fingerprint density at radius 1 is 1.29 bits per heavy atom. The monoisotopic (exact) mass is 465 g/mol. The Morgan fingerprint density at radius 2 is 2.04 bits per heavy atom. The number of rotatable bonds is 6. The van der Waals surface area contributed by atoms with Crippen molar-refractivity contribution in [1.29, 1.82) is 0 Å². The van der Waals surface area contributed by atoms with E-state index in [9.17, 15) is 4.79 Å². The highest BCUT2D eigenvalue weighted by Crippen LogP contribution is 2.28. The second-order valence-electron chi connectivity index (χ2n) is 6.52. The van der Waals surface area contributed by atoms with Crippen molar-refractivity contribution in [1.82, 2.24) is 24.5 Å². The molecule has 0 spiro atoms. The van der Waals surface area contributed by atoms with Crippen LogP contribution in [0.3, 0.4) is 0 Å². The van der Waals surface area contributed by atoms with Crippen LogP contribution in [0.15, 0.2) is 34.9 Å². The molecule has 0 aliphatic rings. The van der Waals surface area contributed by atoms with E-state index in [1.54, 1.807) is 47.1 Å². The molecule has 9 heteroatoms. The Kier molecular flexibility index (Phi) is 6.10. The molecule has 0 unspecified atom stereocenters. The van der Waals surface area contributed by atoms with Crippen molar-refractivity contribution in [2.75, 3.05) is 7.05 Å². The average Bonchev–Trinajstić information content (AvgIpc) is 3.21. The number of hydrogen-bond donors (Lipinski definition) is 0. The predicted octanol–water partition coefficient (Wildman–Crippen LogP) is 3.96. The first kappa shape index (κ1) is 20.4. The van der Waals surface area contributed by atoms with Crippen molar-refractivity contribution in [3.63, 3.8) is 0 Å². The molecule has 1 aromatic carbocycles. The maximum Gasteiger partial charge on any atom is 0.274 e. The Labute approximate surface area is 177 Å². The van der Waals surface area contributed by atoms with E-state index in [0.29, 0.717) is 23.0 Å². The SMILES string of the molecule is Cc1nn(C)c(C)c1CN(C)C(=O)c1ccn(COc2ccc(Cl)cc2Br)n1. The molecule has 0 saturated carbocycles. The van der Waals surface area contributed by atoms with Gasteiger partial charge in [-0.25, -0.2) is 4.68 Å². The molecule has 0 aliphatic carbocycles. The molecule has 7 nitrogen and oxygen atoms in total. The van der Waals surface area contributed by atoms with Gasteiger partial charge in [-0.3, -0.25) is 9.48 Å². The van der Waals surface area contributed by atoms with Crippen LogP contribution in [0.5, 0.6) is 5.75 Å². The standard InChI is InChI=1S/C19H21BrClN5O2/c1-12-15(13(2)25(4)22-12)10-24(3)19(27)17-7-8-26(23-17)11-28-18-6-5-14(21)9-16(18)20/h5-9H,10-11H2,1-4H3. The topological polar surface area (TPSA) is 65.2 Å². The van der Waals surface area contributed by atoms with Gasteiger partial charge in [0.25, 0.3) is 5.91 Å². The third kappa shape index (κ3) is 4.39. The fraction of sp³-hybridized carbons (Fsp3) is 0.316. The van der Waals surface area contributed by atoms with E-state index in [1.807, 2.05) is 25.6 Å². The van der Waals surface area contributed by atoms with E-state index in [0.717, 1.165) is 21.4 Å². The Hall–Kier alpha value is -2.32. The van der Waals surface area contributed by atoms with Crippen LogP contribution in [0.2, 0.25) is 5.02 Å². The van der Waals surface area contributed by atoms with E-state index in [1.165, 1.54) is 0 Å². The van der Waals surface area contributed by atoms with Gasteiger partial charge in [-0.15, -0.1) is 0 Å². The molecule has 148 valence electrons. The summed E-state index contributed by atoms with van der Waals surface area (Å²) in [7, 11) is 3.66. The van der Waals surface area contributed by atoms with Gasteiger partial charge in [-0.2, -0.15) is 10.2 Å². The fourth-order valence-electron chi connectivity index (χ4n) is 2.83. The zero-order valence-electron chi connectivity index (χ0n) is 16.1. The quantitative estimate of drug-likeness (QED) is 0.552. The molecule has 0 radical (unpaired) electrons. The molecule has 0 bridgehead atoms. The lowest BCUT2D eigenvalue weighted by Crippen LogP contribution is -2.27. The van der Waals surface area contributed by atoms with E-state index < -0.39 is 0 Å². The summed E-state index contributed by atoms with van der Waals surface area (Å²) in [6, 6.07) is 6.96. The summed E-state index contributed by atoms with van der Waals surface area (Å²) in [4.78, 5) is 14.4. The van der Waals surface area contributed by atoms with Crippen LogP contribution in [0.25, 0.3) is 0 Å². The predicted molar refractivity (Wildman–Crippen MR) is 110 cm³/mol. The highest BCUT2D eigenvalue weighted by Gasteiger charge is 2.18. The lowest BCUT2D eigenvalue weighted by molar-refractivity contribution is 0.0776. The summed E-state index contributed by atoms with van der Waals surface area (Å²) in [6.45, 7) is 4.60. The number of nitrogens with zero attached hydrogens (tertiary/aromatic N) is 5. The highest BCUT2D eigenvalue weighted by atomic mass is 79.9. The van der Waals surface area contributed by atoms with Crippen LogP contribution in [0.4, 0.5) is 0 Å². The van der Waals surface area contributed by atoms with Crippen molar-refractivity contribution in [2.24, 2.45) is 7.05 Å². The number of hydrogen-bond acceptors (Lipinski definition) is 4. The van der Waals surface area contributed by atoms with E-state index in [2.05, 4.69) is 26.1 Å². The van der Waals surface area contributed by atoms with Crippen molar-refractivity contribution < 1.29 is 9.53 Å². The number of aromatic nitrogens is 4. The third-order valence-corrected chi connectivity index (χ3v) is 5.36. The number of ether oxygens (including phenoxy) is 1. The second kappa shape index (κ2) is 8.36. The number of amides is 1. The molecule has 0 fully saturated rings. The number of carbonyl (C=O) groups excluding carboxylic acids is 1. The number of halogens is 2. The van der Waals surface area contributed by atoms with E-state index in [-0.39, 0.29) is 12.6 Å². The first-order valence-electron chi connectivity index (χ1n) is 8.62. The molecule has 2 aromatic heterocycles.